The van der Waals surface area contributed by atoms with E-state index in [-0.39, 0.29) is 16.8 Å². The van der Waals surface area contributed by atoms with Gasteiger partial charge in [-0.2, -0.15) is 0 Å². The van der Waals surface area contributed by atoms with Gasteiger partial charge in [-0.25, -0.2) is 13.1 Å². The molecular formula is C16H25N3O3S. The second-order valence-corrected chi connectivity index (χ2v) is 8.87. The van der Waals surface area contributed by atoms with Crippen molar-refractivity contribution >= 4 is 15.9 Å². The molecule has 1 aromatic rings. The van der Waals surface area contributed by atoms with Crippen molar-refractivity contribution in [3.05, 3.63) is 18.0 Å². The standard InChI is InChI=1S/C16H25N3O3S/c1-10(14-7-11-4-5-12(14)6-11)18-16(20)15-8-13(9-19(15)3)23(21,22)17-2/h8-12,14,17H,4-7H2,1-3H3,(H,18,20). The van der Waals surface area contributed by atoms with Crippen molar-refractivity contribution in [1.82, 2.24) is 14.6 Å². The van der Waals surface area contributed by atoms with Gasteiger partial charge in [0.2, 0.25) is 10.0 Å². The van der Waals surface area contributed by atoms with Gasteiger partial charge >= 0.3 is 0 Å². The van der Waals surface area contributed by atoms with E-state index in [9.17, 15) is 13.2 Å². The van der Waals surface area contributed by atoms with E-state index < -0.39 is 10.0 Å². The minimum atomic E-state index is -3.54. The summed E-state index contributed by atoms with van der Waals surface area (Å²) in [5.74, 6) is 1.93. The second kappa shape index (κ2) is 5.94. The first-order chi connectivity index (χ1) is 10.8. The van der Waals surface area contributed by atoms with Crippen molar-refractivity contribution in [2.75, 3.05) is 7.05 Å². The van der Waals surface area contributed by atoms with Crippen LogP contribution in [0.4, 0.5) is 0 Å². The van der Waals surface area contributed by atoms with Gasteiger partial charge < -0.3 is 9.88 Å². The molecule has 0 aromatic carbocycles. The molecule has 1 heterocycles. The van der Waals surface area contributed by atoms with E-state index in [0.29, 0.717) is 11.6 Å². The summed E-state index contributed by atoms with van der Waals surface area (Å²) in [5, 5.41) is 3.07. The summed E-state index contributed by atoms with van der Waals surface area (Å²) in [7, 11) is -0.489. The van der Waals surface area contributed by atoms with Crippen molar-refractivity contribution in [2.24, 2.45) is 24.8 Å². The molecule has 3 rings (SSSR count). The summed E-state index contributed by atoms with van der Waals surface area (Å²) in [5.41, 5.74) is 0.369. The number of hydrogen-bond donors (Lipinski definition) is 2. The van der Waals surface area contributed by atoms with E-state index in [1.807, 2.05) is 0 Å². The Balaban J connectivity index is 1.71. The van der Waals surface area contributed by atoms with Gasteiger partial charge in [0.25, 0.3) is 5.91 Å². The first-order valence-electron chi connectivity index (χ1n) is 8.22. The molecule has 2 fully saturated rings. The number of amides is 1. The molecule has 1 aromatic heterocycles. The van der Waals surface area contributed by atoms with Gasteiger partial charge in [0.1, 0.15) is 10.6 Å². The summed E-state index contributed by atoms with van der Waals surface area (Å²) in [6, 6.07) is 1.55. The van der Waals surface area contributed by atoms with Gasteiger partial charge in [0.05, 0.1) is 0 Å². The maximum absolute atomic E-state index is 12.5. The van der Waals surface area contributed by atoms with Crippen molar-refractivity contribution in [2.45, 2.75) is 43.5 Å². The highest BCUT2D eigenvalue weighted by Gasteiger charge is 2.42. The van der Waals surface area contributed by atoms with E-state index in [1.54, 1.807) is 11.6 Å². The van der Waals surface area contributed by atoms with Crippen LogP contribution in [-0.4, -0.2) is 32.0 Å². The predicted molar refractivity (Wildman–Crippen MR) is 87.5 cm³/mol. The molecular weight excluding hydrogens is 314 g/mol. The van der Waals surface area contributed by atoms with Crippen LogP contribution < -0.4 is 10.0 Å². The third-order valence-corrected chi connectivity index (χ3v) is 6.97. The van der Waals surface area contributed by atoms with Gasteiger partial charge in [0, 0.05) is 19.3 Å². The molecule has 6 nitrogen and oxygen atoms in total. The molecule has 2 bridgehead atoms. The number of hydrogen-bond acceptors (Lipinski definition) is 3. The van der Waals surface area contributed by atoms with Crippen LogP contribution in [0.5, 0.6) is 0 Å². The number of nitrogens with one attached hydrogen (secondary N) is 2. The average Bonchev–Trinajstić information content (AvgIpc) is 3.21. The highest BCUT2D eigenvalue weighted by molar-refractivity contribution is 7.89. The van der Waals surface area contributed by atoms with Gasteiger partial charge in [0.15, 0.2) is 0 Å². The Kier molecular flexibility index (Phi) is 4.27. The quantitative estimate of drug-likeness (QED) is 0.853. The Morgan fingerprint density at radius 1 is 1.35 bits per heavy atom. The minimum absolute atomic E-state index is 0.111. The van der Waals surface area contributed by atoms with Gasteiger partial charge in [-0.1, -0.05) is 6.42 Å². The number of fused-ring (bicyclic) bond motifs is 2. The van der Waals surface area contributed by atoms with Gasteiger partial charge in [-0.3, -0.25) is 4.79 Å². The van der Waals surface area contributed by atoms with E-state index in [1.165, 1.54) is 45.0 Å². The van der Waals surface area contributed by atoms with Crippen LogP contribution in [0.15, 0.2) is 17.2 Å². The summed E-state index contributed by atoms with van der Waals surface area (Å²) >= 11 is 0. The minimum Gasteiger partial charge on any atom is -0.348 e. The lowest BCUT2D eigenvalue weighted by Crippen LogP contribution is -2.40. The molecule has 7 heteroatoms. The van der Waals surface area contributed by atoms with Crippen molar-refractivity contribution < 1.29 is 13.2 Å². The molecule has 0 radical (unpaired) electrons. The Hall–Kier alpha value is -1.34. The lowest BCUT2D eigenvalue weighted by Gasteiger charge is -2.28. The summed E-state index contributed by atoms with van der Waals surface area (Å²) in [6.07, 6.45) is 6.59. The zero-order chi connectivity index (χ0) is 16.8. The molecule has 4 unspecified atom stereocenters. The highest BCUT2D eigenvalue weighted by Crippen LogP contribution is 2.49. The van der Waals surface area contributed by atoms with Crippen LogP contribution in [-0.2, 0) is 17.1 Å². The lowest BCUT2D eigenvalue weighted by atomic mass is 9.84. The number of aryl methyl sites for hydroxylation is 1. The maximum atomic E-state index is 12.5. The Labute approximate surface area is 137 Å². The van der Waals surface area contributed by atoms with E-state index >= 15 is 0 Å². The Morgan fingerprint density at radius 3 is 2.65 bits per heavy atom. The summed E-state index contributed by atoms with van der Waals surface area (Å²) in [6.45, 7) is 2.07. The molecule has 2 saturated carbocycles. The van der Waals surface area contributed by atoms with E-state index in [2.05, 4.69) is 17.0 Å². The lowest BCUT2D eigenvalue weighted by molar-refractivity contribution is 0.0907. The van der Waals surface area contributed by atoms with E-state index in [0.717, 1.165) is 11.8 Å². The molecule has 4 atom stereocenters. The number of carbonyl (C=O) groups is 1. The second-order valence-electron chi connectivity index (χ2n) is 6.98. The molecule has 128 valence electrons. The summed E-state index contributed by atoms with van der Waals surface area (Å²) < 4.78 is 27.5. The fourth-order valence-corrected chi connectivity index (χ4v) is 5.12. The monoisotopic (exact) mass is 339 g/mol. The predicted octanol–water partition coefficient (Wildman–Crippen LogP) is 1.49. The molecule has 0 saturated heterocycles. The van der Waals surface area contributed by atoms with Crippen LogP contribution in [0.3, 0.4) is 0 Å². The largest absolute Gasteiger partial charge is 0.348 e. The molecule has 0 aliphatic heterocycles. The van der Waals surface area contributed by atoms with Crippen LogP contribution in [0.2, 0.25) is 0 Å². The van der Waals surface area contributed by atoms with Crippen molar-refractivity contribution in [3.63, 3.8) is 0 Å². The molecule has 2 aliphatic rings. The molecule has 1 amide bonds. The SMILES string of the molecule is CNS(=O)(=O)c1cc(C(=O)NC(C)C2CC3CCC2C3)n(C)c1. The van der Waals surface area contributed by atoms with Gasteiger partial charge in [-0.05, 0) is 57.1 Å². The van der Waals surface area contributed by atoms with Crippen molar-refractivity contribution in [3.8, 4) is 0 Å². The first kappa shape index (κ1) is 16.5. The fourth-order valence-electron chi connectivity index (χ4n) is 4.32. The van der Waals surface area contributed by atoms with E-state index in [4.69, 9.17) is 0 Å². The third kappa shape index (κ3) is 3.04. The number of carbonyl (C=O) groups excluding carboxylic acids is 1. The topological polar surface area (TPSA) is 80.2 Å². The third-order valence-electron chi connectivity index (χ3n) is 5.59. The van der Waals surface area contributed by atoms with Crippen LogP contribution in [0.1, 0.15) is 43.1 Å². The fraction of sp³-hybridized carbons (Fsp3) is 0.688. The Morgan fingerprint density at radius 2 is 2.09 bits per heavy atom. The van der Waals surface area contributed by atoms with Gasteiger partial charge in [-0.15, -0.1) is 0 Å². The first-order valence-corrected chi connectivity index (χ1v) is 9.71. The Bertz CT molecular complexity index is 710. The zero-order valence-corrected chi connectivity index (χ0v) is 14.7. The maximum Gasteiger partial charge on any atom is 0.268 e. The summed E-state index contributed by atoms with van der Waals surface area (Å²) in [4.78, 5) is 12.6. The number of aromatic nitrogens is 1. The molecule has 2 aliphatic carbocycles. The zero-order valence-electron chi connectivity index (χ0n) is 13.9. The number of rotatable bonds is 5. The van der Waals surface area contributed by atoms with Crippen LogP contribution in [0.25, 0.3) is 0 Å². The number of sulfonamides is 1. The number of nitrogens with zero attached hydrogens (tertiary/aromatic N) is 1. The van der Waals surface area contributed by atoms with Crippen LogP contribution in [0, 0.1) is 17.8 Å². The molecule has 0 spiro atoms. The highest BCUT2D eigenvalue weighted by atomic mass is 32.2. The van der Waals surface area contributed by atoms with Crippen molar-refractivity contribution in [1.29, 1.82) is 0 Å². The smallest absolute Gasteiger partial charge is 0.268 e. The molecule has 23 heavy (non-hydrogen) atoms. The average molecular weight is 339 g/mol. The normalized spacial score (nSPS) is 28.0. The van der Waals surface area contributed by atoms with Crippen LogP contribution >= 0.6 is 0 Å². The molecule has 2 N–H and O–H groups in total.